The number of anilines is 1. The fraction of sp³-hybridized carbons (Fsp3) is 0.438. The zero-order valence-electron chi connectivity index (χ0n) is 12.2. The van der Waals surface area contributed by atoms with E-state index in [1.165, 1.54) is 16.3 Å². The second-order valence-electron chi connectivity index (χ2n) is 5.81. The third-order valence-electron chi connectivity index (χ3n) is 3.03. The van der Waals surface area contributed by atoms with Gasteiger partial charge in [0.05, 0.1) is 0 Å². The Balaban J connectivity index is 2.38. The number of rotatable bonds is 4. The number of fused-ring (bicyclic) bond motifs is 1. The van der Waals surface area contributed by atoms with Gasteiger partial charge in [0.1, 0.15) is 5.82 Å². The van der Waals surface area contributed by atoms with E-state index >= 15 is 0 Å². The minimum absolute atomic E-state index is 0.113. The third-order valence-corrected chi connectivity index (χ3v) is 3.03. The number of hydrogen-bond donors (Lipinski definition) is 2. The van der Waals surface area contributed by atoms with Crippen LogP contribution >= 0.6 is 0 Å². The summed E-state index contributed by atoms with van der Waals surface area (Å²) in [6.07, 6.45) is 1.97. The van der Waals surface area contributed by atoms with Crippen LogP contribution in [0.3, 0.4) is 0 Å². The summed E-state index contributed by atoms with van der Waals surface area (Å²) < 4.78 is 0. The van der Waals surface area contributed by atoms with Gasteiger partial charge in [-0.15, -0.1) is 0 Å². The number of hydrogen-bond acceptors (Lipinski definition) is 3. The lowest BCUT2D eigenvalue weighted by atomic mass is 10.0. The Morgan fingerprint density at radius 3 is 2.42 bits per heavy atom. The lowest BCUT2D eigenvalue weighted by Gasteiger charge is -2.21. The van der Waals surface area contributed by atoms with Gasteiger partial charge in [-0.3, -0.25) is 0 Å². The molecule has 0 atom stereocenters. The first-order valence-corrected chi connectivity index (χ1v) is 6.87. The fourth-order valence-electron chi connectivity index (χ4n) is 2.06. The molecule has 0 unspecified atom stereocenters. The molecule has 3 heteroatoms. The van der Waals surface area contributed by atoms with Crippen LogP contribution in [-0.2, 0) is 6.54 Å². The Bertz CT molecular complexity index is 555. The average molecular weight is 257 g/mol. The molecule has 3 nitrogen and oxygen atoms in total. The zero-order chi connectivity index (χ0) is 13.9. The van der Waals surface area contributed by atoms with E-state index in [0.717, 1.165) is 18.9 Å². The highest BCUT2D eigenvalue weighted by molar-refractivity contribution is 5.93. The zero-order valence-corrected chi connectivity index (χ0v) is 12.2. The second-order valence-corrected chi connectivity index (χ2v) is 5.81. The van der Waals surface area contributed by atoms with Gasteiger partial charge in [-0.05, 0) is 38.6 Å². The van der Waals surface area contributed by atoms with Gasteiger partial charge in [0.2, 0.25) is 0 Å². The summed E-state index contributed by atoms with van der Waals surface area (Å²) in [5, 5.41) is 9.30. The minimum atomic E-state index is 0.113. The van der Waals surface area contributed by atoms with Crippen molar-refractivity contribution in [1.29, 1.82) is 0 Å². The molecule has 2 N–H and O–H groups in total. The number of nitrogens with one attached hydrogen (secondary N) is 2. The van der Waals surface area contributed by atoms with Crippen LogP contribution in [0.2, 0.25) is 0 Å². The third kappa shape index (κ3) is 3.44. The molecule has 0 radical (unpaired) electrons. The summed E-state index contributed by atoms with van der Waals surface area (Å²) in [4.78, 5) is 4.55. The second kappa shape index (κ2) is 5.57. The maximum Gasteiger partial charge on any atom is 0.133 e. The molecular formula is C16H23N3. The molecule has 2 aromatic rings. The van der Waals surface area contributed by atoms with Crippen LogP contribution in [0.15, 0.2) is 30.5 Å². The quantitative estimate of drug-likeness (QED) is 0.879. The molecule has 0 fully saturated rings. The van der Waals surface area contributed by atoms with Gasteiger partial charge in [0, 0.05) is 30.2 Å². The van der Waals surface area contributed by atoms with Gasteiger partial charge in [0.15, 0.2) is 0 Å². The maximum absolute atomic E-state index is 4.55. The van der Waals surface area contributed by atoms with E-state index in [1.807, 2.05) is 6.20 Å². The van der Waals surface area contributed by atoms with E-state index in [0.29, 0.717) is 0 Å². The monoisotopic (exact) mass is 257 g/mol. The molecule has 0 saturated heterocycles. The van der Waals surface area contributed by atoms with E-state index in [2.05, 4.69) is 67.6 Å². The number of aromatic nitrogens is 1. The molecule has 0 spiro atoms. The Kier molecular flexibility index (Phi) is 4.05. The van der Waals surface area contributed by atoms with Gasteiger partial charge in [0.25, 0.3) is 0 Å². The molecule has 1 aromatic carbocycles. The molecule has 0 bridgehead atoms. The van der Waals surface area contributed by atoms with E-state index in [4.69, 9.17) is 0 Å². The van der Waals surface area contributed by atoms with Crippen molar-refractivity contribution in [3.05, 3.63) is 36.0 Å². The molecule has 0 aliphatic rings. The van der Waals surface area contributed by atoms with E-state index in [9.17, 15) is 0 Å². The molecule has 0 saturated carbocycles. The highest BCUT2D eigenvalue weighted by atomic mass is 15.0. The number of benzene rings is 1. The summed E-state index contributed by atoms with van der Waals surface area (Å²) in [5.41, 5.74) is 1.36. The van der Waals surface area contributed by atoms with Crippen molar-refractivity contribution >= 4 is 16.6 Å². The number of pyridine rings is 1. The molecule has 1 heterocycles. The molecule has 0 aliphatic carbocycles. The largest absolute Gasteiger partial charge is 0.370 e. The van der Waals surface area contributed by atoms with Gasteiger partial charge in [-0.25, -0.2) is 4.98 Å². The normalized spacial score (nSPS) is 11.8. The number of nitrogens with zero attached hydrogens (tertiary/aromatic N) is 1. The van der Waals surface area contributed by atoms with Crippen molar-refractivity contribution in [2.45, 2.75) is 39.8 Å². The van der Waals surface area contributed by atoms with Crippen molar-refractivity contribution in [2.75, 3.05) is 11.9 Å². The van der Waals surface area contributed by atoms with E-state index in [-0.39, 0.29) is 5.54 Å². The van der Waals surface area contributed by atoms with Gasteiger partial charge >= 0.3 is 0 Å². The molecular weight excluding hydrogens is 234 g/mol. The summed E-state index contributed by atoms with van der Waals surface area (Å²) in [6.45, 7) is 10.3. The average Bonchev–Trinajstić information content (AvgIpc) is 2.37. The first-order chi connectivity index (χ1) is 9.01. The summed E-state index contributed by atoms with van der Waals surface area (Å²) in [5.74, 6) is 0.970. The van der Waals surface area contributed by atoms with Crippen LogP contribution in [0.25, 0.3) is 10.8 Å². The Morgan fingerprint density at radius 2 is 1.79 bits per heavy atom. The van der Waals surface area contributed by atoms with Crippen LogP contribution in [0, 0.1) is 0 Å². The first kappa shape index (κ1) is 13.8. The molecule has 1 aromatic heterocycles. The highest BCUT2D eigenvalue weighted by Crippen LogP contribution is 2.24. The van der Waals surface area contributed by atoms with Gasteiger partial charge < -0.3 is 10.6 Å². The smallest absolute Gasteiger partial charge is 0.133 e. The van der Waals surface area contributed by atoms with E-state index < -0.39 is 0 Å². The Labute approximate surface area is 115 Å². The highest BCUT2D eigenvalue weighted by Gasteiger charge is 2.11. The summed E-state index contributed by atoms with van der Waals surface area (Å²) in [7, 11) is 0. The summed E-state index contributed by atoms with van der Waals surface area (Å²) >= 11 is 0. The van der Waals surface area contributed by atoms with Crippen molar-refractivity contribution < 1.29 is 0 Å². The lowest BCUT2D eigenvalue weighted by molar-refractivity contribution is 0.425. The van der Waals surface area contributed by atoms with Crippen molar-refractivity contribution in [2.24, 2.45) is 0 Å². The predicted octanol–water partition coefficient (Wildman–Crippen LogP) is 3.55. The fourth-order valence-corrected chi connectivity index (χ4v) is 2.06. The summed E-state index contributed by atoms with van der Waals surface area (Å²) in [6, 6.07) is 8.43. The predicted molar refractivity (Wildman–Crippen MR) is 82.5 cm³/mol. The van der Waals surface area contributed by atoms with Crippen molar-refractivity contribution in [3.63, 3.8) is 0 Å². The van der Waals surface area contributed by atoms with Crippen LogP contribution in [0.5, 0.6) is 0 Å². The standard InChI is InChI=1S/C16H23N3/c1-5-17-15-14-9-7-6-8-13(14)12(10-18-15)11-19-16(2,3)4/h6-10,19H,5,11H2,1-4H3,(H,17,18). The maximum atomic E-state index is 4.55. The van der Waals surface area contributed by atoms with Crippen LogP contribution < -0.4 is 10.6 Å². The molecule has 102 valence electrons. The van der Waals surface area contributed by atoms with E-state index in [1.54, 1.807) is 0 Å². The Morgan fingerprint density at radius 1 is 1.11 bits per heavy atom. The van der Waals surface area contributed by atoms with Gasteiger partial charge in [-0.2, -0.15) is 0 Å². The van der Waals surface area contributed by atoms with Gasteiger partial charge in [-0.1, -0.05) is 24.3 Å². The molecule has 19 heavy (non-hydrogen) atoms. The Hall–Kier alpha value is -1.61. The molecule has 2 rings (SSSR count). The molecule has 0 aliphatic heterocycles. The SMILES string of the molecule is CCNc1ncc(CNC(C)(C)C)c2ccccc12. The molecule has 0 amide bonds. The van der Waals surface area contributed by atoms with Crippen LogP contribution in [-0.4, -0.2) is 17.1 Å². The topological polar surface area (TPSA) is 37.0 Å². The first-order valence-electron chi connectivity index (χ1n) is 6.87. The van der Waals surface area contributed by atoms with Crippen LogP contribution in [0.4, 0.5) is 5.82 Å². The lowest BCUT2D eigenvalue weighted by Crippen LogP contribution is -2.35. The van der Waals surface area contributed by atoms with Crippen molar-refractivity contribution in [3.8, 4) is 0 Å². The minimum Gasteiger partial charge on any atom is -0.370 e. The van der Waals surface area contributed by atoms with Crippen LogP contribution in [0.1, 0.15) is 33.3 Å². The van der Waals surface area contributed by atoms with Crippen molar-refractivity contribution in [1.82, 2.24) is 10.3 Å².